The molecule has 0 aliphatic heterocycles. The van der Waals surface area contributed by atoms with Crippen LogP contribution in [-0.4, -0.2) is 50.1 Å². The minimum Gasteiger partial charge on any atom is -0.399 e. The van der Waals surface area contributed by atoms with Crippen LogP contribution in [0.2, 0.25) is 5.02 Å². The summed E-state index contributed by atoms with van der Waals surface area (Å²) >= 11 is 5.98. The molecule has 20 heavy (non-hydrogen) atoms. The van der Waals surface area contributed by atoms with Gasteiger partial charge in [0.05, 0.1) is 59.5 Å². The summed E-state index contributed by atoms with van der Waals surface area (Å²) in [5.74, 6) is 0.376. The van der Waals surface area contributed by atoms with Gasteiger partial charge in [-0.1, -0.05) is 11.6 Å². The van der Waals surface area contributed by atoms with E-state index in [1.54, 1.807) is 25.3 Å². The van der Waals surface area contributed by atoms with Crippen molar-refractivity contribution in [1.82, 2.24) is 0 Å². The third-order valence-electron chi connectivity index (χ3n) is 2.42. The number of methoxy groups -OCH3 is 1. The predicted octanol–water partition coefficient (Wildman–Crippen LogP) is 1.71. The zero-order valence-electron chi connectivity index (χ0n) is 11.5. The van der Waals surface area contributed by atoms with Crippen LogP contribution in [0.3, 0.4) is 0 Å². The van der Waals surface area contributed by atoms with Crippen LogP contribution >= 0.6 is 11.6 Å². The van der Waals surface area contributed by atoms with E-state index < -0.39 is 10.8 Å². The van der Waals surface area contributed by atoms with Gasteiger partial charge in [-0.2, -0.15) is 0 Å². The number of nitrogen functional groups attached to an aromatic ring is 1. The lowest BCUT2D eigenvalue weighted by atomic mass is 10.3. The Balaban J connectivity index is 2.18. The second-order valence-corrected chi connectivity index (χ2v) is 5.90. The van der Waals surface area contributed by atoms with E-state index in [0.717, 1.165) is 0 Å². The smallest absolute Gasteiger partial charge is 0.0701 e. The second-order valence-electron chi connectivity index (χ2n) is 3.96. The second kappa shape index (κ2) is 10.1. The van der Waals surface area contributed by atoms with Crippen LogP contribution < -0.4 is 5.73 Å². The van der Waals surface area contributed by atoms with Gasteiger partial charge in [0.15, 0.2) is 0 Å². The third-order valence-corrected chi connectivity index (χ3v) is 4.22. The van der Waals surface area contributed by atoms with E-state index in [9.17, 15) is 4.21 Å². The maximum Gasteiger partial charge on any atom is 0.0701 e. The van der Waals surface area contributed by atoms with Crippen LogP contribution in [0.5, 0.6) is 0 Å². The summed E-state index contributed by atoms with van der Waals surface area (Å²) in [4.78, 5) is 0.548. The van der Waals surface area contributed by atoms with Crippen molar-refractivity contribution in [1.29, 1.82) is 0 Å². The SMILES string of the molecule is COCCOCCOCCS(=O)c1cc(N)ccc1Cl. The number of halogens is 1. The molecule has 0 aliphatic rings. The minimum absolute atomic E-state index is 0.376. The number of ether oxygens (including phenoxy) is 3. The van der Waals surface area contributed by atoms with Crippen molar-refractivity contribution in [3.05, 3.63) is 23.2 Å². The van der Waals surface area contributed by atoms with E-state index in [2.05, 4.69) is 0 Å². The van der Waals surface area contributed by atoms with Gasteiger partial charge in [-0.15, -0.1) is 0 Å². The molecule has 1 atom stereocenters. The predicted molar refractivity (Wildman–Crippen MR) is 80.7 cm³/mol. The van der Waals surface area contributed by atoms with E-state index in [1.165, 1.54) is 0 Å². The summed E-state index contributed by atoms with van der Waals surface area (Å²) in [6, 6.07) is 4.96. The highest BCUT2D eigenvalue weighted by atomic mass is 35.5. The maximum absolute atomic E-state index is 12.0. The van der Waals surface area contributed by atoms with Crippen molar-refractivity contribution >= 4 is 28.1 Å². The fourth-order valence-corrected chi connectivity index (χ4v) is 2.82. The summed E-state index contributed by atoms with van der Waals surface area (Å²) in [5.41, 5.74) is 6.19. The lowest BCUT2D eigenvalue weighted by molar-refractivity contribution is 0.0285. The molecule has 2 N–H and O–H groups in total. The standard InChI is InChI=1S/C13H20ClNO4S/c1-17-4-5-18-6-7-19-8-9-20(16)13-10-11(15)2-3-12(13)14/h2-3,10H,4-9,15H2,1H3. The van der Waals surface area contributed by atoms with Crippen LogP contribution in [0.1, 0.15) is 0 Å². The van der Waals surface area contributed by atoms with Crippen LogP contribution in [0.25, 0.3) is 0 Å². The van der Waals surface area contributed by atoms with E-state index in [0.29, 0.717) is 54.4 Å². The van der Waals surface area contributed by atoms with Gasteiger partial charge in [0.1, 0.15) is 0 Å². The minimum atomic E-state index is -1.21. The molecule has 0 spiro atoms. The molecule has 0 saturated carbocycles. The fourth-order valence-electron chi connectivity index (χ4n) is 1.40. The Labute approximate surface area is 126 Å². The zero-order chi connectivity index (χ0) is 14.8. The quantitative estimate of drug-likeness (QED) is 0.525. The van der Waals surface area contributed by atoms with Gasteiger partial charge in [-0.25, -0.2) is 0 Å². The number of benzene rings is 1. The van der Waals surface area contributed by atoms with Gasteiger partial charge in [0.25, 0.3) is 0 Å². The summed E-state index contributed by atoms with van der Waals surface area (Å²) in [6.45, 7) is 2.45. The fraction of sp³-hybridized carbons (Fsp3) is 0.538. The first-order chi connectivity index (χ1) is 9.65. The lowest BCUT2D eigenvalue weighted by Gasteiger charge is -2.07. The third kappa shape index (κ3) is 6.67. The molecule has 1 aromatic rings. The molecule has 0 amide bonds. The first kappa shape index (κ1) is 17.4. The lowest BCUT2D eigenvalue weighted by Crippen LogP contribution is -2.12. The summed E-state index contributed by atoms with van der Waals surface area (Å²) in [6.07, 6.45) is 0. The summed E-state index contributed by atoms with van der Waals surface area (Å²) < 4.78 is 27.5. The Kier molecular flexibility index (Phi) is 8.80. The number of hydrogen-bond acceptors (Lipinski definition) is 5. The first-order valence-corrected chi connectivity index (χ1v) is 7.92. The van der Waals surface area contributed by atoms with E-state index >= 15 is 0 Å². The van der Waals surface area contributed by atoms with Gasteiger partial charge in [0, 0.05) is 12.8 Å². The van der Waals surface area contributed by atoms with Gasteiger partial charge in [-0.05, 0) is 18.2 Å². The molecular weight excluding hydrogens is 302 g/mol. The molecule has 7 heteroatoms. The molecule has 0 heterocycles. The van der Waals surface area contributed by atoms with Crippen molar-refractivity contribution in [2.75, 3.05) is 51.6 Å². The highest BCUT2D eigenvalue weighted by Crippen LogP contribution is 2.22. The van der Waals surface area contributed by atoms with Gasteiger partial charge in [0.2, 0.25) is 0 Å². The average molecular weight is 322 g/mol. The highest BCUT2D eigenvalue weighted by Gasteiger charge is 2.09. The van der Waals surface area contributed by atoms with Gasteiger partial charge < -0.3 is 19.9 Å². The van der Waals surface area contributed by atoms with Crippen molar-refractivity contribution < 1.29 is 18.4 Å². The Bertz CT molecular complexity index is 431. The van der Waals surface area contributed by atoms with Crippen LogP contribution in [0.15, 0.2) is 23.1 Å². The number of hydrogen-bond donors (Lipinski definition) is 1. The summed E-state index contributed by atoms with van der Waals surface area (Å²) in [5, 5.41) is 0.459. The van der Waals surface area contributed by atoms with Crippen LogP contribution in [0, 0.1) is 0 Å². The van der Waals surface area contributed by atoms with Crippen molar-refractivity contribution in [3.8, 4) is 0 Å². The molecular formula is C13H20ClNO4S. The molecule has 1 unspecified atom stereocenters. The Morgan fingerprint density at radius 1 is 1.15 bits per heavy atom. The van der Waals surface area contributed by atoms with E-state index in [-0.39, 0.29) is 0 Å². The van der Waals surface area contributed by atoms with Crippen molar-refractivity contribution in [2.45, 2.75) is 4.90 Å². The molecule has 0 fully saturated rings. The van der Waals surface area contributed by atoms with Crippen LogP contribution in [0.4, 0.5) is 5.69 Å². The molecule has 0 bridgehead atoms. The molecule has 0 radical (unpaired) electrons. The Hall–Kier alpha value is -0.660. The summed E-state index contributed by atoms with van der Waals surface area (Å²) in [7, 11) is 0.408. The maximum atomic E-state index is 12.0. The number of rotatable bonds is 10. The molecule has 1 rings (SSSR count). The molecule has 0 aromatic heterocycles. The first-order valence-electron chi connectivity index (χ1n) is 6.23. The zero-order valence-corrected chi connectivity index (χ0v) is 13.0. The van der Waals surface area contributed by atoms with Crippen molar-refractivity contribution in [2.24, 2.45) is 0 Å². The van der Waals surface area contributed by atoms with Crippen molar-refractivity contribution in [3.63, 3.8) is 0 Å². The average Bonchev–Trinajstić information content (AvgIpc) is 2.44. The number of anilines is 1. The number of nitrogens with two attached hydrogens (primary N) is 1. The highest BCUT2D eigenvalue weighted by molar-refractivity contribution is 7.85. The topological polar surface area (TPSA) is 70.8 Å². The monoisotopic (exact) mass is 321 g/mol. The van der Waals surface area contributed by atoms with E-state index in [4.69, 9.17) is 31.5 Å². The molecule has 0 saturated heterocycles. The molecule has 0 aliphatic carbocycles. The van der Waals surface area contributed by atoms with Gasteiger partial charge in [-0.3, -0.25) is 4.21 Å². The molecule has 114 valence electrons. The normalized spacial score (nSPS) is 12.5. The van der Waals surface area contributed by atoms with E-state index in [1.807, 2.05) is 0 Å². The molecule has 5 nitrogen and oxygen atoms in total. The largest absolute Gasteiger partial charge is 0.399 e. The molecule has 1 aromatic carbocycles. The van der Waals surface area contributed by atoms with Gasteiger partial charge >= 0.3 is 0 Å². The Morgan fingerprint density at radius 2 is 1.80 bits per heavy atom. The van der Waals surface area contributed by atoms with Crippen LogP contribution in [-0.2, 0) is 25.0 Å². The Morgan fingerprint density at radius 3 is 2.50 bits per heavy atom.